The number of nitrogens with zero attached hydrogens (tertiary/aromatic N) is 2. The third kappa shape index (κ3) is 4.05. The van der Waals surface area contributed by atoms with Crippen molar-refractivity contribution in [2.45, 2.75) is 24.8 Å². The Morgan fingerprint density at radius 2 is 2.19 bits per heavy atom. The first kappa shape index (κ1) is 16.0. The number of aromatic nitrogens is 2. The molecule has 1 heterocycles. The summed E-state index contributed by atoms with van der Waals surface area (Å²) >= 11 is 3.35. The second-order valence-corrected chi connectivity index (χ2v) is 7.21. The van der Waals surface area contributed by atoms with Crippen molar-refractivity contribution < 1.29 is 8.42 Å². The minimum absolute atomic E-state index is 0.131. The molecule has 2 rings (SSSR count). The van der Waals surface area contributed by atoms with E-state index >= 15 is 0 Å². The Hall–Kier alpha value is -1.38. The van der Waals surface area contributed by atoms with E-state index in [2.05, 4.69) is 25.8 Å². The summed E-state index contributed by atoms with van der Waals surface area (Å²) in [7, 11) is -3.65. The van der Waals surface area contributed by atoms with Gasteiger partial charge in [0.1, 0.15) is 4.90 Å². The molecule has 3 N–H and O–H groups in total. The number of anilines is 1. The Balaban J connectivity index is 2.19. The van der Waals surface area contributed by atoms with Crippen LogP contribution in [0, 0.1) is 6.92 Å². The number of benzene rings is 1. The van der Waals surface area contributed by atoms with E-state index in [0.717, 1.165) is 12.0 Å². The molecule has 0 saturated carbocycles. The van der Waals surface area contributed by atoms with E-state index in [1.54, 1.807) is 10.7 Å². The van der Waals surface area contributed by atoms with Gasteiger partial charge in [-0.2, -0.15) is 5.10 Å². The van der Waals surface area contributed by atoms with Gasteiger partial charge in [0, 0.05) is 17.2 Å². The van der Waals surface area contributed by atoms with Crippen molar-refractivity contribution in [3.63, 3.8) is 0 Å². The van der Waals surface area contributed by atoms with Crippen LogP contribution in [0.5, 0.6) is 0 Å². The quantitative estimate of drug-likeness (QED) is 0.812. The largest absolute Gasteiger partial charge is 0.330 e. The van der Waals surface area contributed by atoms with Crippen molar-refractivity contribution in [1.29, 1.82) is 0 Å². The van der Waals surface area contributed by atoms with Crippen LogP contribution >= 0.6 is 15.9 Å². The second-order valence-electron chi connectivity index (χ2n) is 4.67. The fraction of sp³-hybridized carbons (Fsp3) is 0.308. The molecule has 0 spiro atoms. The van der Waals surface area contributed by atoms with E-state index in [4.69, 9.17) is 5.73 Å². The Kier molecular flexibility index (Phi) is 5.02. The lowest BCUT2D eigenvalue weighted by Gasteiger charge is -2.08. The Morgan fingerprint density at radius 1 is 1.43 bits per heavy atom. The predicted molar refractivity (Wildman–Crippen MR) is 85.6 cm³/mol. The number of nitrogens with one attached hydrogen (secondary N) is 1. The Labute approximate surface area is 132 Å². The lowest BCUT2D eigenvalue weighted by Crippen LogP contribution is -2.13. The molecule has 6 nitrogen and oxygen atoms in total. The summed E-state index contributed by atoms with van der Waals surface area (Å²) in [6.45, 7) is 3.07. The van der Waals surface area contributed by atoms with Gasteiger partial charge in [-0.25, -0.2) is 8.42 Å². The normalized spacial score (nSPS) is 11.6. The summed E-state index contributed by atoms with van der Waals surface area (Å²) in [4.78, 5) is 0.131. The van der Waals surface area contributed by atoms with Crippen molar-refractivity contribution in [2.24, 2.45) is 5.73 Å². The van der Waals surface area contributed by atoms with Gasteiger partial charge in [0.25, 0.3) is 10.0 Å². The third-order valence-corrected chi connectivity index (χ3v) is 4.86. The van der Waals surface area contributed by atoms with E-state index < -0.39 is 10.0 Å². The number of sulfonamides is 1. The number of halogens is 1. The van der Waals surface area contributed by atoms with Crippen LogP contribution in [0.15, 0.2) is 40.0 Å². The molecule has 0 bridgehead atoms. The highest BCUT2D eigenvalue weighted by atomic mass is 79.9. The van der Waals surface area contributed by atoms with E-state index in [-0.39, 0.29) is 4.90 Å². The van der Waals surface area contributed by atoms with Crippen molar-refractivity contribution in [1.82, 2.24) is 9.78 Å². The molecule has 0 aliphatic carbocycles. The summed E-state index contributed by atoms with van der Waals surface area (Å²) in [5, 5.41) is 4.03. The zero-order valence-electron chi connectivity index (χ0n) is 11.6. The number of aryl methyl sites for hydroxylation is 2. The molecule has 1 aromatic carbocycles. The maximum absolute atomic E-state index is 12.3. The van der Waals surface area contributed by atoms with E-state index in [1.807, 2.05) is 19.1 Å². The molecule has 0 aliphatic rings. The second kappa shape index (κ2) is 6.59. The molecule has 2 aromatic rings. The summed E-state index contributed by atoms with van der Waals surface area (Å²) < 4.78 is 29.4. The first-order valence-corrected chi connectivity index (χ1v) is 8.71. The van der Waals surface area contributed by atoms with Crippen molar-refractivity contribution >= 4 is 31.6 Å². The van der Waals surface area contributed by atoms with Crippen LogP contribution in [0.3, 0.4) is 0 Å². The maximum atomic E-state index is 12.3. The molecular formula is C13H17BrN4O2S. The number of rotatable bonds is 6. The van der Waals surface area contributed by atoms with Crippen molar-refractivity contribution in [3.05, 3.63) is 40.6 Å². The van der Waals surface area contributed by atoms with Gasteiger partial charge in [0.15, 0.2) is 0 Å². The summed E-state index contributed by atoms with van der Waals surface area (Å²) in [6.07, 6.45) is 3.58. The molecule has 21 heavy (non-hydrogen) atoms. The minimum atomic E-state index is -3.65. The zero-order valence-corrected chi connectivity index (χ0v) is 14.0. The molecule has 0 saturated heterocycles. The highest BCUT2D eigenvalue weighted by Gasteiger charge is 2.17. The van der Waals surface area contributed by atoms with Gasteiger partial charge in [-0.1, -0.05) is 6.07 Å². The first-order chi connectivity index (χ1) is 9.92. The van der Waals surface area contributed by atoms with Crippen LogP contribution in [-0.4, -0.2) is 24.7 Å². The van der Waals surface area contributed by atoms with Gasteiger partial charge in [0.2, 0.25) is 0 Å². The van der Waals surface area contributed by atoms with Crippen LogP contribution in [-0.2, 0) is 16.6 Å². The van der Waals surface area contributed by atoms with Crippen LogP contribution in [0.25, 0.3) is 0 Å². The maximum Gasteiger partial charge on any atom is 0.265 e. The lowest BCUT2D eigenvalue weighted by molar-refractivity contribution is 0.582. The van der Waals surface area contributed by atoms with Gasteiger partial charge in [-0.15, -0.1) is 0 Å². The Bertz CT molecular complexity index is 728. The number of nitrogens with two attached hydrogens (primary N) is 1. The number of hydrogen-bond acceptors (Lipinski definition) is 4. The monoisotopic (exact) mass is 372 g/mol. The number of hydrogen-bond donors (Lipinski definition) is 2. The molecule has 0 radical (unpaired) electrons. The summed E-state index contributed by atoms with van der Waals surface area (Å²) in [5.41, 5.74) is 6.96. The van der Waals surface area contributed by atoms with Gasteiger partial charge < -0.3 is 5.73 Å². The standard InChI is InChI=1S/C13H17BrN4O2S/c1-10-3-4-13(12(14)7-10)17-21(19,20)11-8-16-18(9-11)6-2-5-15/h3-4,7-9,17H,2,5-6,15H2,1H3. The van der Waals surface area contributed by atoms with Crippen LogP contribution in [0.1, 0.15) is 12.0 Å². The highest BCUT2D eigenvalue weighted by molar-refractivity contribution is 9.10. The van der Waals surface area contributed by atoms with Gasteiger partial charge in [-0.05, 0) is 53.5 Å². The zero-order chi connectivity index (χ0) is 15.5. The molecule has 0 amide bonds. The van der Waals surface area contributed by atoms with E-state index in [0.29, 0.717) is 23.2 Å². The van der Waals surface area contributed by atoms with Crippen LogP contribution < -0.4 is 10.5 Å². The van der Waals surface area contributed by atoms with Crippen LogP contribution in [0.2, 0.25) is 0 Å². The van der Waals surface area contributed by atoms with Gasteiger partial charge in [0.05, 0.1) is 11.9 Å². The summed E-state index contributed by atoms with van der Waals surface area (Å²) in [5.74, 6) is 0. The minimum Gasteiger partial charge on any atom is -0.330 e. The SMILES string of the molecule is Cc1ccc(NS(=O)(=O)c2cnn(CCCN)c2)c(Br)c1. The van der Waals surface area contributed by atoms with E-state index in [9.17, 15) is 8.42 Å². The smallest absolute Gasteiger partial charge is 0.265 e. The third-order valence-electron chi connectivity index (χ3n) is 2.88. The molecule has 0 unspecified atom stereocenters. The molecule has 0 aliphatic heterocycles. The average molecular weight is 373 g/mol. The highest BCUT2D eigenvalue weighted by Crippen LogP contribution is 2.25. The topological polar surface area (TPSA) is 90.0 Å². The molecule has 0 fully saturated rings. The first-order valence-electron chi connectivity index (χ1n) is 6.44. The predicted octanol–water partition coefficient (Wildman–Crippen LogP) is 2.10. The van der Waals surface area contributed by atoms with E-state index in [1.165, 1.54) is 12.4 Å². The Morgan fingerprint density at radius 3 is 2.86 bits per heavy atom. The molecular weight excluding hydrogens is 356 g/mol. The van der Waals surface area contributed by atoms with Crippen molar-refractivity contribution in [3.8, 4) is 0 Å². The van der Waals surface area contributed by atoms with Crippen LogP contribution in [0.4, 0.5) is 5.69 Å². The molecule has 0 atom stereocenters. The van der Waals surface area contributed by atoms with Gasteiger partial charge >= 0.3 is 0 Å². The lowest BCUT2D eigenvalue weighted by atomic mass is 10.2. The molecule has 114 valence electrons. The fourth-order valence-corrected chi connectivity index (χ4v) is 3.52. The molecule has 8 heteroatoms. The average Bonchev–Trinajstić information content (AvgIpc) is 2.89. The summed E-state index contributed by atoms with van der Waals surface area (Å²) in [6, 6.07) is 5.41. The molecule has 1 aromatic heterocycles. The van der Waals surface area contributed by atoms with Gasteiger partial charge in [-0.3, -0.25) is 9.40 Å². The fourth-order valence-electron chi connectivity index (χ4n) is 1.77. The van der Waals surface area contributed by atoms with Crippen molar-refractivity contribution in [2.75, 3.05) is 11.3 Å².